The Morgan fingerprint density at radius 3 is 1.16 bits per heavy atom. The highest BCUT2D eigenvalue weighted by atomic mass is 16.8. The number of hydroxylamine groups is 4. The van der Waals surface area contributed by atoms with Crippen LogP contribution in [0.3, 0.4) is 0 Å². The summed E-state index contributed by atoms with van der Waals surface area (Å²) in [5, 5.41) is 5.14. The first-order valence-corrected chi connectivity index (χ1v) is 16.2. The van der Waals surface area contributed by atoms with Crippen molar-refractivity contribution in [1.82, 2.24) is 20.8 Å². The van der Waals surface area contributed by atoms with E-state index in [1.807, 2.05) is 0 Å². The summed E-state index contributed by atoms with van der Waals surface area (Å²) in [5.41, 5.74) is 0. The van der Waals surface area contributed by atoms with Gasteiger partial charge >= 0.3 is 36.4 Å². The van der Waals surface area contributed by atoms with Gasteiger partial charge in [0, 0.05) is 65.8 Å². The van der Waals surface area contributed by atoms with Gasteiger partial charge in [-0.15, -0.1) is 0 Å². The molecule has 2 rings (SSSR count). The molecule has 6 amide bonds. The second-order valence-corrected chi connectivity index (χ2v) is 10.5. The first-order valence-electron chi connectivity index (χ1n) is 16.2. The van der Waals surface area contributed by atoms with E-state index >= 15 is 0 Å². The van der Waals surface area contributed by atoms with Gasteiger partial charge in [-0.2, -0.15) is 0 Å². The van der Waals surface area contributed by atoms with Crippen molar-refractivity contribution in [2.75, 3.05) is 68.0 Å². The number of nitrogens with zero attached hydrogens (tertiary/aromatic N) is 2. The maximum Gasteiger partial charge on any atom is 0.534 e. The average Bonchev–Trinajstić information content (AvgIpc) is 3.66. The van der Waals surface area contributed by atoms with Crippen LogP contribution in [0, 0.1) is 0 Å². The largest absolute Gasteiger partial charge is 0.534 e. The second-order valence-electron chi connectivity index (χ2n) is 10.5. The molecule has 0 aromatic rings. The number of methoxy groups -OCH3 is 2. The van der Waals surface area contributed by atoms with Gasteiger partial charge in [0.15, 0.2) is 0 Å². The van der Waals surface area contributed by atoms with Crippen LogP contribution in [-0.2, 0) is 76.3 Å². The van der Waals surface area contributed by atoms with Gasteiger partial charge in [-0.25, -0.2) is 19.2 Å². The summed E-state index contributed by atoms with van der Waals surface area (Å²) in [6.07, 6.45) is -5.16. The van der Waals surface area contributed by atoms with Crippen molar-refractivity contribution in [3.8, 4) is 0 Å². The van der Waals surface area contributed by atoms with Crippen LogP contribution in [0.2, 0.25) is 0 Å². The Morgan fingerprint density at radius 1 is 0.564 bits per heavy atom. The topological polar surface area (TPSA) is 294 Å². The number of ether oxygens (including phenoxy) is 8. The highest BCUT2D eigenvalue weighted by molar-refractivity contribution is 6.02. The molecule has 0 aliphatic carbocycles. The van der Waals surface area contributed by atoms with Crippen molar-refractivity contribution < 1.29 is 95.5 Å². The predicted octanol–water partition coefficient (Wildman–Crippen LogP) is 0.432. The summed E-state index contributed by atoms with van der Waals surface area (Å²) in [6.45, 7) is -1.01. The monoisotopic (exact) mass is 796 g/mol. The normalized spacial score (nSPS) is 13.3. The van der Waals surface area contributed by atoms with Crippen LogP contribution in [0.25, 0.3) is 0 Å². The van der Waals surface area contributed by atoms with Crippen molar-refractivity contribution in [1.29, 1.82) is 0 Å². The number of imide groups is 2. The molecule has 0 spiro atoms. The smallest absolute Gasteiger partial charge is 0.469 e. The molecule has 55 heavy (non-hydrogen) atoms. The van der Waals surface area contributed by atoms with Gasteiger partial charge in [-0.3, -0.25) is 38.4 Å². The van der Waals surface area contributed by atoms with Gasteiger partial charge in [-0.05, 0) is 12.8 Å². The molecule has 0 aromatic carbocycles. The first kappa shape index (κ1) is 49.2. The molecular weight excluding hydrogens is 748 g/mol. The highest BCUT2D eigenvalue weighted by Gasteiger charge is 2.35. The maximum atomic E-state index is 11.8. The third kappa shape index (κ3) is 20.9. The molecule has 2 aliphatic rings. The minimum Gasteiger partial charge on any atom is -0.469 e. The molecule has 0 radical (unpaired) electrons. The predicted molar refractivity (Wildman–Crippen MR) is 177 cm³/mol. The van der Waals surface area contributed by atoms with E-state index in [9.17, 15) is 47.9 Å². The van der Waals surface area contributed by atoms with Crippen molar-refractivity contribution in [3.63, 3.8) is 0 Å². The molecule has 0 atom stereocenters. The zero-order valence-corrected chi connectivity index (χ0v) is 30.1. The zero-order valence-electron chi connectivity index (χ0n) is 30.1. The lowest BCUT2D eigenvalue weighted by atomic mass is 10.3. The average molecular weight is 797 g/mol. The van der Waals surface area contributed by atoms with Crippen molar-refractivity contribution in [2.45, 2.75) is 71.0 Å². The van der Waals surface area contributed by atoms with Crippen molar-refractivity contribution in [2.24, 2.45) is 0 Å². The molecule has 24 heteroatoms. The van der Waals surface area contributed by atoms with Crippen molar-refractivity contribution in [3.05, 3.63) is 0 Å². The first-order chi connectivity index (χ1) is 25.7. The lowest BCUT2D eigenvalue weighted by Crippen LogP contribution is -2.36. The standard InChI is InChI=1S/C18H22N2O13.C12H22N2O7.CH4/c1-28-16(25)3-2-8-29-11(9-30-17(26)32-19-12(21)4-5-13(19)22)10-31-18(27)33-20-14(23)6-7-15(20)24;1-13-11(16)20-7-9(8-21-12(17)14-2)19-6-4-5-10(15)18-3;/h11H,2-10H2,1H3;9H,4-8H2,1-3H3,(H,13,16)(H,14,17);1H4. The van der Waals surface area contributed by atoms with Crippen molar-refractivity contribution >= 4 is 60.1 Å². The van der Waals surface area contributed by atoms with Crippen LogP contribution in [0.4, 0.5) is 19.2 Å². The number of amides is 6. The fraction of sp³-hybridized carbons (Fsp3) is 0.677. The lowest BCUT2D eigenvalue weighted by Gasteiger charge is -2.19. The Bertz CT molecular complexity index is 1220. The fourth-order valence-corrected chi connectivity index (χ4v) is 3.75. The van der Waals surface area contributed by atoms with E-state index in [0.29, 0.717) is 6.42 Å². The van der Waals surface area contributed by atoms with E-state index in [1.165, 1.54) is 28.3 Å². The molecule has 0 bridgehead atoms. The summed E-state index contributed by atoms with van der Waals surface area (Å²) in [7, 11) is 5.38. The number of nitrogens with one attached hydrogen (secondary N) is 2. The number of rotatable bonds is 20. The number of hydrogen-bond acceptors (Lipinski definition) is 20. The molecule has 2 fully saturated rings. The van der Waals surface area contributed by atoms with E-state index in [4.69, 9.17) is 28.4 Å². The third-order valence-corrected chi connectivity index (χ3v) is 6.54. The summed E-state index contributed by atoms with van der Waals surface area (Å²) in [6, 6.07) is 0. The SMILES string of the molecule is C.CNC(=O)OCC(COC(=O)NC)OCCCC(=O)OC.COC(=O)CCCOC(COC(=O)ON1C(=O)CCC1=O)COC(=O)ON1C(=O)CCC1=O. The van der Waals surface area contributed by atoms with Gasteiger partial charge in [0.2, 0.25) is 0 Å². The Labute approximate surface area is 315 Å². The molecule has 0 aromatic heterocycles. The fourth-order valence-electron chi connectivity index (χ4n) is 3.75. The Hall–Kier alpha value is -5.78. The third-order valence-electron chi connectivity index (χ3n) is 6.54. The molecule has 2 aliphatic heterocycles. The summed E-state index contributed by atoms with van der Waals surface area (Å²) in [5.74, 6) is -3.63. The molecular formula is C31H48N4O20. The number of esters is 2. The van der Waals surface area contributed by atoms with Gasteiger partial charge in [0.25, 0.3) is 23.6 Å². The highest BCUT2D eigenvalue weighted by Crippen LogP contribution is 2.14. The zero-order chi connectivity index (χ0) is 40.5. The number of hydrogen-bond donors (Lipinski definition) is 2. The van der Waals surface area contributed by atoms with Crippen LogP contribution in [0.15, 0.2) is 0 Å². The number of alkyl carbamates (subject to hydrolysis) is 2. The Kier molecular flexibility index (Phi) is 24.9. The van der Waals surface area contributed by atoms with E-state index in [1.54, 1.807) is 0 Å². The van der Waals surface area contributed by atoms with Gasteiger partial charge in [0.05, 0.1) is 14.2 Å². The van der Waals surface area contributed by atoms with Gasteiger partial charge in [-0.1, -0.05) is 17.6 Å². The van der Waals surface area contributed by atoms with E-state index in [2.05, 4.69) is 29.8 Å². The van der Waals surface area contributed by atoms with Gasteiger partial charge in [0.1, 0.15) is 38.6 Å². The van der Waals surface area contributed by atoms with Crippen LogP contribution in [0.1, 0.15) is 58.8 Å². The molecule has 0 saturated carbocycles. The van der Waals surface area contributed by atoms with Crippen LogP contribution in [0.5, 0.6) is 0 Å². The molecule has 2 saturated heterocycles. The Balaban J connectivity index is 0.00000115. The quantitative estimate of drug-likeness (QED) is 0.0730. The number of carbonyl (C=O) groups excluding carboxylic acids is 10. The molecule has 312 valence electrons. The van der Waals surface area contributed by atoms with E-state index in [0.717, 1.165) is 0 Å². The molecule has 2 N–H and O–H groups in total. The summed E-state index contributed by atoms with van der Waals surface area (Å²) < 4.78 is 39.0. The minimum absolute atomic E-state index is 0. The minimum atomic E-state index is -1.38. The van der Waals surface area contributed by atoms with Gasteiger partial charge < -0.3 is 48.5 Å². The lowest BCUT2D eigenvalue weighted by molar-refractivity contribution is -0.179. The Morgan fingerprint density at radius 2 is 0.873 bits per heavy atom. The van der Waals surface area contributed by atoms with E-state index < -0.39 is 79.5 Å². The molecule has 2 heterocycles. The molecule has 24 nitrogen and oxygen atoms in total. The molecule has 0 unspecified atom stereocenters. The van der Waals surface area contributed by atoms with Crippen LogP contribution < -0.4 is 10.6 Å². The second kappa shape index (κ2) is 27.8. The maximum absolute atomic E-state index is 11.8. The van der Waals surface area contributed by atoms with Crippen LogP contribution >= 0.6 is 0 Å². The number of carbonyl (C=O) groups is 10. The summed E-state index contributed by atoms with van der Waals surface area (Å²) in [4.78, 5) is 123. The van der Waals surface area contributed by atoms with Crippen LogP contribution in [-0.4, -0.2) is 150 Å². The summed E-state index contributed by atoms with van der Waals surface area (Å²) >= 11 is 0. The van der Waals surface area contributed by atoms with E-state index in [-0.39, 0.29) is 94.9 Å².